The molecule has 0 saturated heterocycles. The van der Waals surface area contributed by atoms with Crippen LogP contribution in [-0.2, 0) is 11.0 Å². The van der Waals surface area contributed by atoms with Crippen molar-refractivity contribution in [3.05, 3.63) is 123 Å². The minimum absolute atomic E-state index is 0.0333. The number of fused-ring (bicyclic) bond motifs is 1. The van der Waals surface area contributed by atoms with E-state index in [4.69, 9.17) is 5.53 Å². The monoisotopic (exact) mass is 591 g/mol. The highest BCUT2D eigenvalue weighted by molar-refractivity contribution is 6.07. The van der Waals surface area contributed by atoms with Gasteiger partial charge in [0, 0.05) is 28.5 Å². The van der Waals surface area contributed by atoms with Gasteiger partial charge in [-0.1, -0.05) is 36.4 Å². The number of carbonyl (C=O) groups is 3. The first kappa shape index (κ1) is 29.0. The number of hydrogen-bond donors (Lipinski definition) is 1. The standard InChI is InChI=1S/C29H21F4N7O3/c1-2-39-27-22(23(26(42)36-38-34)37-40(27)20-9-4-3-5-10-20)21(16-11-13-19(30)14-12-16)24(28(39)43)35-25(41)17-7-6-8-18(15-17)29(31,32)33/h3-15,21,24H,2H2,1H3,(H,35,41). The number of hydrogen-bond acceptors (Lipinski definition) is 4. The fraction of sp³-hybridized carbons (Fsp3) is 0.172. The molecule has 0 saturated carbocycles. The molecule has 3 amide bonds. The predicted octanol–water partition coefficient (Wildman–Crippen LogP) is 5.78. The van der Waals surface area contributed by atoms with Crippen molar-refractivity contribution < 1.29 is 31.9 Å². The maximum Gasteiger partial charge on any atom is 0.416 e. The van der Waals surface area contributed by atoms with Gasteiger partial charge >= 0.3 is 6.18 Å². The highest BCUT2D eigenvalue weighted by atomic mass is 19.4. The van der Waals surface area contributed by atoms with E-state index in [9.17, 15) is 31.9 Å². The van der Waals surface area contributed by atoms with Gasteiger partial charge in [0.2, 0.25) is 0 Å². The molecule has 1 aliphatic heterocycles. The van der Waals surface area contributed by atoms with Gasteiger partial charge in [0.05, 0.1) is 11.3 Å². The Balaban J connectivity index is 1.74. The molecule has 2 atom stereocenters. The van der Waals surface area contributed by atoms with Gasteiger partial charge in [0.25, 0.3) is 17.7 Å². The predicted molar refractivity (Wildman–Crippen MR) is 146 cm³/mol. The smallest absolute Gasteiger partial charge is 0.339 e. The van der Waals surface area contributed by atoms with E-state index in [-0.39, 0.29) is 34.7 Å². The second-order valence-corrected chi connectivity index (χ2v) is 9.47. The van der Waals surface area contributed by atoms with Crippen molar-refractivity contribution in [2.24, 2.45) is 5.11 Å². The van der Waals surface area contributed by atoms with E-state index in [1.807, 2.05) is 0 Å². The number of rotatable bonds is 6. The molecular weight excluding hydrogens is 570 g/mol. The summed E-state index contributed by atoms with van der Waals surface area (Å²) in [6.45, 7) is 1.68. The third-order valence-electron chi connectivity index (χ3n) is 6.95. The van der Waals surface area contributed by atoms with Crippen LogP contribution in [-0.4, -0.2) is 40.1 Å². The van der Waals surface area contributed by atoms with Crippen molar-refractivity contribution >= 4 is 23.5 Å². The first-order chi connectivity index (χ1) is 20.5. The van der Waals surface area contributed by atoms with Crippen LogP contribution in [0.25, 0.3) is 16.1 Å². The Bertz CT molecular complexity index is 1770. The summed E-state index contributed by atoms with van der Waals surface area (Å²) in [4.78, 5) is 44.4. The van der Waals surface area contributed by atoms with Crippen molar-refractivity contribution in [3.8, 4) is 5.69 Å². The molecule has 43 heavy (non-hydrogen) atoms. The highest BCUT2D eigenvalue weighted by Gasteiger charge is 2.47. The lowest BCUT2D eigenvalue weighted by atomic mass is 9.80. The zero-order valence-corrected chi connectivity index (χ0v) is 22.3. The Labute approximate surface area is 241 Å². The molecule has 1 aromatic heterocycles. The summed E-state index contributed by atoms with van der Waals surface area (Å²) in [5.41, 5.74) is 8.10. The molecule has 0 bridgehead atoms. The first-order valence-electron chi connectivity index (χ1n) is 12.9. The number of halogens is 4. The number of azide groups is 1. The number of nitrogens with one attached hydrogen (secondary N) is 1. The molecule has 1 N–H and O–H groups in total. The van der Waals surface area contributed by atoms with Crippen LogP contribution in [0.5, 0.6) is 0 Å². The third-order valence-corrected chi connectivity index (χ3v) is 6.95. The second-order valence-electron chi connectivity index (χ2n) is 9.47. The van der Waals surface area contributed by atoms with Crippen LogP contribution < -0.4 is 10.2 Å². The Morgan fingerprint density at radius 1 is 1.05 bits per heavy atom. The SMILES string of the molecule is CCN1C(=O)C(NC(=O)c2cccc(C(F)(F)F)c2)C(c2ccc(F)cc2)c2c(C(=O)N=[N+]=[N-])nn(-c3ccccc3)c21. The van der Waals surface area contributed by atoms with Gasteiger partial charge in [-0.3, -0.25) is 19.3 Å². The van der Waals surface area contributed by atoms with Crippen LogP contribution in [0.3, 0.4) is 0 Å². The number of alkyl halides is 3. The van der Waals surface area contributed by atoms with Crippen LogP contribution in [0.2, 0.25) is 0 Å². The number of aromatic nitrogens is 2. The Hall–Kier alpha value is -5.49. The van der Waals surface area contributed by atoms with E-state index in [0.29, 0.717) is 11.8 Å². The van der Waals surface area contributed by atoms with E-state index in [0.717, 1.165) is 30.3 Å². The topological polar surface area (TPSA) is 133 Å². The fourth-order valence-corrected chi connectivity index (χ4v) is 5.09. The van der Waals surface area contributed by atoms with Crippen molar-refractivity contribution in [1.29, 1.82) is 0 Å². The van der Waals surface area contributed by atoms with Crippen LogP contribution in [0.15, 0.2) is 84.0 Å². The van der Waals surface area contributed by atoms with Crippen molar-refractivity contribution in [2.75, 3.05) is 11.4 Å². The minimum atomic E-state index is -4.72. The molecule has 0 spiro atoms. The van der Waals surface area contributed by atoms with Gasteiger partial charge < -0.3 is 5.32 Å². The minimum Gasteiger partial charge on any atom is -0.339 e. The molecule has 218 valence electrons. The maximum atomic E-state index is 14.1. The quantitative estimate of drug-likeness (QED) is 0.132. The van der Waals surface area contributed by atoms with Crippen molar-refractivity contribution in [1.82, 2.24) is 15.1 Å². The summed E-state index contributed by atoms with van der Waals surface area (Å²) in [5.74, 6) is -4.37. The van der Waals surface area contributed by atoms with Gasteiger partial charge in [0.15, 0.2) is 0 Å². The molecule has 1 aliphatic rings. The molecule has 2 heterocycles. The van der Waals surface area contributed by atoms with Crippen LogP contribution in [0.4, 0.5) is 23.4 Å². The molecule has 4 aromatic rings. The molecule has 2 unspecified atom stereocenters. The lowest BCUT2D eigenvalue weighted by Gasteiger charge is -2.38. The lowest BCUT2D eigenvalue weighted by molar-refractivity contribution is -0.137. The van der Waals surface area contributed by atoms with E-state index in [1.54, 1.807) is 37.3 Å². The van der Waals surface area contributed by atoms with E-state index >= 15 is 0 Å². The number of nitrogens with zero attached hydrogens (tertiary/aromatic N) is 6. The number of benzene rings is 3. The van der Waals surface area contributed by atoms with Crippen molar-refractivity contribution in [3.63, 3.8) is 0 Å². The van der Waals surface area contributed by atoms with Gasteiger partial charge in [-0.2, -0.15) is 18.3 Å². The highest BCUT2D eigenvalue weighted by Crippen LogP contribution is 2.44. The van der Waals surface area contributed by atoms with Crippen LogP contribution >= 0.6 is 0 Å². The number of anilines is 1. The summed E-state index contributed by atoms with van der Waals surface area (Å²) in [6.07, 6.45) is -4.72. The molecule has 0 aliphatic carbocycles. The van der Waals surface area contributed by atoms with Crippen LogP contribution in [0, 0.1) is 5.82 Å². The molecule has 0 radical (unpaired) electrons. The van der Waals surface area contributed by atoms with Gasteiger partial charge in [-0.25, -0.2) is 9.07 Å². The molecule has 14 heteroatoms. The maximum absolute atomic E-state index is 14.1. The van der Waals surface area contributed by atoms with Gasteiger partial charge in [-0.15, -0.1) is 0 Å². The van der Waals surface area contributed by atoms with Gasteiger partial charge in [0.1, 0.15) is 23.4 Å². The Morgan fingerprint density at radius 2 is 1.74 bits per heavy atom. The van der Waals surface area contributed by atoms with E-state index in [1.165, 1.54) is 21.7 Å². The molecule has 0 fully saturated rings. The largest absolute Gasteiger partial charge is 0.416 e. The molecule has 10 nitrogen and oxygen atoms in total. The normalized spacial score (nSPS) is 16.3. The molecule has 3 aromatic carbocycles. The number of carbonyl (C=O) groups excluding carboxylic acids is 3. The molecular formula is C29H21F4N7O3. The zero-order valence-electron chi connectivity index (χ0n) is 22.3. The number of likely N-dealkylation sites (N-methyl/N-ethyl adjacent to an activating group) is 1. The lowest BCUT2D eigenvalue weighted by Crippen LogP contribution is -2.55. The average Bonchev–Trinajstić information content (AvgIpc) is 3.38. The van der Waals surface area contributed by atoms with E-state index < -0.39 is 47.2 Å². The summed E-state index contributed by atoms with van der Waals surface area (Å²) in [7, 11) is 0. The Kier molecular flexibility index (Phi) is 7.70. The third kappa shape index (κ3) is 5.43. The van der Waals surface area contributed by atoms with Crippen LogP contribution in [0.1, 0.15) is 50.4 Å². The summed E-state index contributed by atoms with van der Waals surface area (Å²) in [6, 6.07) is 15.6. The summed E-state index contributed by atoms with van der Waals surface area (Å²) >= 11 is 0. The summed E-state index contributed by atoms with van der Waals surface area (Å²) < 4.78 is 55.4. The summed E-state index contributed by atoms with van der Waals surface area (Å²) in [5, 5.41) is 10.1. The average molecular weight is 592 g/mol. The van der Waals surface area contributed by atoms with E-state index in [2.05, 4.69) is 20.4 Å². The Morgan fingerprint density at radius 3 is 2.37 bits per heavy atom. The fourth-order valence-electron chi connectivity index (χ4n) is 5.09. The van der Waals surface area contributed by atoms with Crippen molar-refractivity contribution in [2.45, 2.75) is 25.1 Å². The first-order valence-corrected chi connectivity index (χ1v) is 12.9. The number of amides is 3. The zero-order chi connectivity index (χ0) is 30.9. The second kappa shape index (κ2) is 11.4. The number of para-hydroxylation sites is 1. The molecule has 5 rings (SSSR count). The van der Waals surface area contributed by atoms with Gasteiger partial charge in [-0.05, 0) is 65.6 Å².